The molecule has 1 saturated heterocycles. The van der Waals surface area contributed by atoms with Gasteiger partial charge in [0.15, 0.2) is 6.23 Å². The van der Waals surface area contributed by atoms with Gasteiger partial charge in [0, 0.05) is 23.2 Å². The summed E-state index contributed by atoms with van der Waals surface area (Å²) >= 11 is 0. The van der Waals surface area contributed by atoms with Crippen LogP contribution in [0.15, 0.2) is 35.3 Å². The Labute approximate surface area is 180 Å². The van der Waals surface area contributed by atoms with Gasteiger partial charge in [-0.05, 0) is 23.8 Å². The van der Waals surface area contributed by atoms with Crippen molar-refractivity contribution in [3.8, 4) is 0 Å². The molecule has 0 radical (unpaired) electrons. The molecule has 1 aliphatic heterocycles. The van der Waals surface area contributed by atoms with E-state index in [4.69, 9.17) is 19.5 Å². The third-order valence-electron chi connectivity index (χ3n) is 4.66. The highest BCUT2D eigenvalue weighted by atomic mass is 31.1. The fraction of sp³-hybridized carbons (Fsp3) is 0.444. The Morgan fingerprint density at radius 2 is 1.91 bits per heavy atom. The molecule has 32 heavy (non-hydrogen) atoms. The maximum absolute atomic E-state index is 13.2. The molecule has 1 unspecified atom stereocenters. The van der Waals surface area contributed by atoms with Gasteiger partial charge >= 0.3 is 13.9 Å². The monoisotopic (exact) mass is 476 g/mol. The maximum atomic E-state index is 13.2. The summed E-state index contributed by atoms with van der Waals surface area (Å²) in [4.78, 5) is 15.4. The predicted octanol–water partition coefficient (Wildman–Crippen LogP) is 0.537. The molecule has 0 saturated carbocycles. The van der Waals surface area contributed by atoms with Crippen molar-refractivity contribution in [2.75, 3.05) is 18.9 Å². The van der Waals surface area contributed by atoms with Crippen molar-refractivity contribution in [3.05, 3.63) is 58.1 Å². The fourth-order valence-electron chi connectivity index (χ4n) is 3.06. The first kappa shape index (κ1) is 24.3. The number of nitrogens with zero attached hydrogens (tertiary/aromatic N) is 2. The van der Waals surface area contributed by atoms with Gasteiger partial charge in [0.1, 0.15) is 49.0 Å². The minimum Gasteiger partial charge on any atom is -0.388 e. The van der Waals surface area contributed by atoms with Crippen molar-refractivity contribution in [1.82, 2.24) is 9.55 Å². The molecule has 2 heterocycles. The summed E-state index contributed by atoms with van der Waals surface area (Å²) in [5.74, 6) is -1.72. The number of hydrogen-bond acceptors (Lipinski definition) is 10. The van der Waals surface area contributed by atoms with E-state index in [-0.39, 0.29) is 24.4 Å². The van der Waals surface area contributed by atoms with Crippen molar-refractivity contribution in [2.24, 2.45) is 0 Å². The van der Waals surface area contributed by atoms with Crippen molar-refractivity contribution >= 4 is 14.1 Å². The van der Waals surface area contributed by atoms with Crippen LogP contribution < -0.4 is 11.4 Å². The van der Waals surface area contributed by atoms with E-state index < -0.39 is 62.8 Å². The van der Waals surface area contributed by atoms with Crippen molar-refractivity contribution in [1.29, 1.82) is 0 Å². The van der Waals surface area contributed by atoms with E-state index in [1.807, 2.05) is 0 Å². The average Bonchev–Trinajstić information content (AvgIpc) is 3.00. The fourth-order valence-corrected chi connectivity index (χ4v) is 3.66. The summed E-state index contributed by atoms with van der Waals surface area (Å²) in [6.45, 7) is -0.709. The van der Waals surface area contributed by atoms with E-state index in [9.17, 15) is 33.5 Å². The number of hydrogen-bond donors (Lipinski definition) is 4. The Bertz CT molecular complexity index is 1010. The molecule has 0 spiro atoms. The number of anilines is 1. The minimum atomic E-state index is -2.70. The van der Waals surface area contributed by atoms with Crippen molar-refractivity contribution in [3.63, 3.8) is 0 Å². The first-order valence-corrected chi connectivity index (χ1v) is 10.5. The summed E-state index contributed by atoms with van der Waals surface area (Å²) < 4.78 is 54.5. The lowest BCUT2D eigenvalue weighted by molar-refractivity contribution is -0.0522. The van der Waals surface area contributed by atoms with Crippen LogP contribution in [0.5, 0.6) is 0 Å². The van der Waals surface area contributed by atoms with E-state index in [0.717, 1.165) is 16.7 Å². The molecule has 5 N–H and O–H groups in total. The highest BCUT2D eigenvalue weighted by Crippen LogP contribution is 2.32. The van der Waals surface area contributed by atoms with Crippen LogP contribution in [0.25, 0.3) is 0 Å². The van der Waals surface area contributed by atoms with Crippen LogP contribution in [0.2, 0.25) is 0 Å². The molecular formula is C18H21F2N3O8P+. The molecule has 3 rings (SSSR count). The third-order valence-corrected chi connectivity index (χ3v) is 5.42. The number of nitrogen functional groups attached to an aromatic ring is 1. The first-order valence-electron chi connectivity index (χ1n) is 9.39. The van der Waals surface area contributed by atoms with Crippen LogP contribution in [0.3, 0.4) is 0 Å². The number of aliphatic hydroxyl groups is 3. The van der Waals surface area contributed by atoms with E-state index in [1.54, 1.807) is 0 Å². The number of nitrogens with two attached hydrogens (primary N) is 1. The lowest BCUT2D eigenvalue weighted by Gasteiger charge is -2.16. The van der Waals surface area contributed by atoms with E-state index in [2.05, 4.69) is 4.98 Å². The molecule has 1 aromatic carbocycles. The second kappa shape index (κ2) is 10.5. The van der Waals surface area contributed by atoms with Gasteiger partial charge in [0.25, 0.3) is 0 Å². The molecule has 14 heteroatoms. The highest BCUT2D eigenvalue weighted by Gasteiger charge is 2.45. The third kappa shape index (κ3) is 5.90. The van der Waals surface area contributed by atoms with Crippen LogP contribution in [-0.2, 0) is 18.3 Å². The number of halogens is 2. The predicted molar refractivity (Wildman–Crippen MR) is 104 cm³/mol. The van der Waals surface area contributed by atoms with Gasteiger partial charge in [0.2, 0.25) is 0 Å². The van der Waals surface area contributed by atoms with Gasteiger partial charge in [0.05, 0.1) is 6.10 Å². The van der Waals surface area contributed by atoms with Gasteiger partial charge in [-0.1, -0.05) is 0 Å². The summed E-state index contributed by atoms with van der Waals surface area (Å²) in [6.07, 6.45) is -5.49. The Hall–Kier alpha value is -2.38. The Kier molecular flexibility index (Phi) is 7.96. The molecule has 0 aliphatic carbocycles. The molecule has 174 valence electrons. The standard InChI is InChI=1S/C18H20F2N3O8P/c19-10-5-9(6-11(20)7-10)12(24)2-4-29-32(28)30-8-13-15(25)16(26)17(31-13)23-3-1-14(21)22-18(23)27/h1,3,5-7,12-13,15-17,24-26H,2,4,8H2,(H-,21,22,27)/p+1/t12-,13-,15-,16+,17-/m1/s1. The second-order valence-electron chi connectivity index (χ2n) is 6.95. The molecule has 11 nitrogen and oxygen atoms in total. The van der Waals surface area contributed by atoms with Crippen LogP contribution in [0.4, 0.5) is 14.6 Å². The molecule has 6 atom stereocenters. The number of rotatable bonds is 9. The normalized spacial score (nSPS) is 24.5. The molecule has 1 aromatic heterocycles. The van der Waals surface area contributed by atoms with Crippen LogP contribution >= 0.6 is 8.25 Å². The van der Waals surface area contributed by atoms with Crippen LogP contribution in [0.1, 0.15) is 24.3 Å². The first-order chi connectivity index (χ1) is 15.2. The summed E-state index contributed by atoms with van der Waals surface area (Å²) in [7, 11) is -2.70. The average molecular weight is 476 g/mol. The highest BCUT2D eigenvalue weighted by molar-refractivity contribution is 7.33. The lowest BCUT2D eigenvalue weighted by Crippen LogP contribution is -2.36. The zero-order valence-corrected chi connectivity index (χ0v) is 17.3. The smallest absolute Gasteiger partial charge is 0.388 e. The van der Waals surface area contributed by atoms with Crippen molar-refractivity contribution < 1.29 is 42.4 Å². The van der Waals surface area contributed by atoms with Gasteiger partial charge in [-0.15, -0.1) is 9.05 Å². The summed E-state index contributed by atoms with van der Waals surface area (Å²) in [5.41, 5.74) is 4.61. The molecule has 0 bridgehead atoms. The van der Waals surface area contributed by atoms with E-state index in [0.29, 0.717) is 6.07 Å². The Balaban J connectivity index is 1.46. The van der Waals surface area contributed by atoms with Gasteiger partial charge in [-0.25, -0.2) is 13.6 Å². The maximum Gasteiger partial charge on any atom is 0.697 e. The number of aliphatic hydroxyl groups excluding tert-OH is 3. The molecule has 1 fully saturated rings. The molecule has 0 amide bonds. The van der Waals surface area contributed by atoms with Gasteiger partial charge in [-0.2, -0.15) is 4.98 Å². The number of benzene rings is 1. The van der Waals surface area contributed by atoms with Crippen LogP contribution in [0, 0.1) is 11.6 Å². The molecular weight excluding hydrogens is 455 g/mol. The Morgan fingerprint density at radius 3 is 2.56 bits per heavy atom. The number of aromatic nitrogens is 2. The largest absolute Gasteiger partial charge is 0.697 e. The molecule has 1 aliphatic rings. The summed E-state index contributed by atoms with van der Waals surface area (Å²) in [5, 5.41) is 30.2. The summed E-state index contributed by atoms with van der Waals surface area (Å²) in [6, 6.07) is 3.91. The Morgan fingerprint density at radius 1 is 1.22 bits per heavy atom. The quantitative estimate of drug-likeness (QED) is 0.375. The van der Waals surface area contributed by atoms with E-state index >= 15 is 0 Å². The SMILES string of the molecule is Nc1ccn([C@@H]2O[C@H](CO[P+](=O)OCC[C@@H](O)c3cc(F)cc(F)c3)[C@@H](O)[C@@H]2O)c(=O)n1. The van der Waals surface area contributed by atoms with Gasteiger partial charge < -0.3 is 25.8 Å². The topological polar surface area (TPSA) is 166 Å². The number of ether oxygens (including phenoxy) is 1. The zero-order valence-electron chi connectivity index (χ0n) is 16.5. The van der Waals surface area contributed by atoms with E-state index in [1.165, 1.54) is 12.3 Å². The lowest BCUT2D eigenvalue weighted by atomic mass is 10.1. The second-order valence-corrected chi connectivity index (χ2v) is 7.91. The van der Waals surface area contributed by atoms with Gasteiger partial charge in [-0.3, -0.25) is 4.57 Å². The molecule has 2 aromatic rings. The van der Waals surface area contributed by atoms with Crippen molar-refractivity contribution in [2.45, 2.75) is 37.1 Å². The zero-order chi connectivity index (χ0) is 23.4. The van der Waals surface area contributed by atoms with Crippen LogP contribution in [-0.4, -0.2) is 56.4 Å². The minimum absolute atomic E-state index is 0.00264.